The third kappa shape index (κ3) is 3.79. The van der Waals surface area contributed by atoms with Crippen LogP contribution in [-0.4, -0.2) is 11.1 Å². The third-order valence-electron chi connectivity index (χ3n) is 2.62. The lowest BCUT2D eigenvalue weighted by molar-refractivity contribution is -0.139. The maximum Gasteiger partial charge on any atom is 0.311 e. The molecule has 0 saturated carbocycles. The second-order valence-corrected chi connectivity index (χ2v) is 6.39. The van der Waals surface area contributed by atoms with Gasteiger partial charge in [-0.2, -0.15) is 0 Å². The molecular formula is C13H17Cl2NO2. The van der Waals surface area contributed by atoms with Crippen LogP contribution in [0.3, 0.4) is 0 Å². The van der Waals surface area contributed by atoms with Crippen molar-refractivity contribution >= 4 is 34.9 Å². The molecule has 0 aliphatic heterocycles. The van der Waals surface area contributed by atoms with Crippen LogP contribution in [0.15, 0.2) is 12.1 Å². The van der Waals surface area contributed by atoms with E-state index in [0.29, 0.717) is 17.0 Å². The fraction of sp³-hybridized carbons (Fsp3) is 0.462. The quantitative estimate of drug-likeness (QED) is 0.821. The number of anilines is 1. The highest BCUT2D eigenvalue weighted by atomic mass is 35.5. The molecule has 0 aliphatic carbocycles. The number of rotatable bonds is 3. The molecule has 3 nitrogen and oxygen atoms in total. The SMILES string of the molecule is CC(C)(C)CC(C(=O)O)c1cc(Cl)cc(Cl)c1N. The molecule has 1 aromatic rings. The Kier molecular flexibility index (Phi) is 4.51. The fourth-order valence-corrected chi connectivity index (χ4v) is 2.34. The fourth-order valence-electron chi connectivity index (χ4n) is 1.84. The van der Waals surface area contributed by atoms with E-state index < -0.39 is 11.9 Å². The van der Waals surface area contributed by atoms with Crippen molar-refractivity contribution in [3.8, 4) is 0 Å². The van der Waals surface area contributed by atoms with Crippen LogP contribution >= 0.6 is 23.2 Å². The summed E-state index contributed by atoms with van der Waals surface area (Å²) in [6.45, 7) is 5.93. The molecule has 18 heavy (non-hydrogen) atoms. The highest BCUT2D eigenvalue weighted by Gasteiger charge is 2.28. The van der Waals surface area contributed by atoms with Crippen LogP contribution in [0.2, 0.25) is 10.0 Å². The zero-order valence-electron chi connectivity index (χ0n) is 10.6. The van der Waals surface area contributed by atoms with Crippen molar-refractivity contribution < 1.29 is 9.90 Å². The summed E-state index contributed by atoms with van der Waals surface area (Å²) in [6, 6.07) is 3.09. The molecule has 0 amide bonds. The molecule has 0 spiro atoms. The van der Waals surface area contributed by atoms with Crippen molar-refractivity contribution in [1.29, 1.82) is 0 Å². The number of nitrogens with two attached hydrogens (primary N) is 1. The van der Waals surface area contributed by atoms with Gasteiger partial charge in [0.25, 0.3) is 0 Å². The van der Waals surface area contributed by atoms with Crippen molar-refractivity contribution in [2.45, 2.75) is 33.1 Å². The maximum atomic E-state index is 11.4. The van der Waals surface area contributed by atoms with E-state index >= 15 is 0 Å². The zero-order valence-corrected chi connectivity index (χ0v) is 12.1. The van der Waals surface area contributed by atoms with Crippen LogP contribution in [0.1, 0.15) is 38.7 Å². The Hall–Kier alpha value is -0.930. The molecule has 1 aromatic carbocycles. The largest absolute Gasteiger partial charge is 0.481 e. The number of carboxylic acids is 1. The first-order chi connectivity index (χ1) is 8.11. The Labute approximate surface area is 117 Å². The highest BCUT2D eigenvalue weighted by molar-refractivity contribution is 6.36. The Morgan fingerprint density at radius 3 is 2.39 bits per heavy atom. The van der Waals surface area contributed by atoms with Crippen LogP contribution in [0.25, 0.3) is 0 Å². The van der Waals surface area contributed by atoms with Gasteiger partial charge in [0.15, 0.2) is 0 Å². The Morgan fingerprint density at radius 1 is 1.39 bits per heavy atom. The molecule has 0 bridgehead atoms. The molecule has 0 heterocycles. The van der Waals surface area contributed by atoms with Crippen LogP contribution in [0.4, 0.5) is 5.69 Å². The van der Waals surface area contributed by atoms with Gasteiger partial charge in [0.1, 0.15) is 0 Å². The van der Waals surface area contributed by atoms with Crippen molar-refractivity contribution in [2.24, 2.45) is 5.41 Å². The second kappa shape index (κ2) is 5.37. The van der Waals surface area contributed by atoms with Gasteiger partial charge in [0.05, 0.1) is 16.6 Å². The van der Waals surface area contributed by atoms with Crippen molar-refractivity contribution in [3.05, 3.63) is 27.7 Å². The molecule has 1 atom stereocenters. The summed E-state index contributed by atoms with van der Waals surface area (Å²) < 4.78 is 0. The van der Waals surface area contributed by atoms with Crippen molar-refractivity contribution in [3.63, 3.8) is 0 Å². The molecule has 5 heteroatoms. The average molecular weight is 290 g/mol. The molecule has 0 fully saturated rings. The van der Waals surface area contributed by atoms with Crippen LogP contribution in [0, 0.1) is 5.41 Å². The molecule has 1 unspecified atom stereocenters. The van der Waals surface area contributed by atoms with Gasteiger partial charge in [-0.3, -0.25) is 4.79 Å². The Bertz CT molecular complexity index is 467. The summed E-state index contributed by atoms with van der Waals surface area (Å²) >= 11 is 11.8. The summed E-state index contributed by atoms with van der Waals surface area (Å²) in [5, 5.41) is 10.0. The predicted octanol–water partition coefficient (Wildman–Crippen LogP) is 4.18. The minimum absolute atomic E-state index is 0.135. The van der Waals surface area contributed by atoms with E-state index in [1.54, 1.807) is 6.07 Å². The number of benzene rings is 1. The van der Waals surface area contributed by atoms with Crippen LogP contribution in [0.5, 0.6) is 0 Å². The third-order valence-corrected chi connectivity index (χ3v) is 3.15. The zero-order chi connectivity index (χ0) is 14.1. The highest BCUT2D eigenvalue weighted by Crippen LogP contribution is 2.38. The summed E-state index contributed by atoms with van der Waals surface area (Å²) in [7, 11) is 0. The number of halogens is 2. The second-order valence-electron chi connectivity index (χ2n) is 5.55. The maximum absolute atomic E-state index is 11.4. The number of hydrogen-bond donors (Lipinski definition) is 2. The van der Waals surface area contributed by atoms with Gasteiger partial charge in [-0.05, 0) is 29.5 Å². The monoisotopic (exact) mass is 289 g/mol. The summed E-state index contributed by atoms with van der Waals surface area (Å²) in [6.07, 6.45) is 0.462. The van der Waals surface area contributed by atoms with Gasteiger partial charge < -0.3 is 10.8 Å². The lowest BCUT2D eigenvalue weighted by Gasteiger charge is -2.24. The van der Waals surface area contributed by atoms with Crippen LogP contribution < -0.4 is 5.73 Å². The van der Waals surface area contributed by atoms with E-state index in [2.05, 4.69) is 0 Å². The van der Waals surface area contributed by atoms with Crippen molar-refractivity contribution in [2.75, 3.05) is 5.73 Å². The molecule has 0 aliphatic rings. The lowest BCUT2D eigenvalue weighted by atomic mass is 9.81. The van der Waals surface area contributed by atoms with E-state index in [9.17, 15) is 9.90 Å². The summed E-state index contributed by atoms with van der Waals surface area (Å²) in [5.41, 5.74) is 6.49. The van der Waals surface area contributed by atoms with E-state index in [1.807, 2.05) is 20.8 Å². The molecule has 0 aromatic heterocycles. The summed E-state index contributed by atoms with van der Waals surface area (Å²) in [5.74, 6) is -1.63. The lowest BCUT2D eigenvalue weighted by Crippen LogP contribution is -2.20. The average Bonchev–Trinajstić information content (AvgIpc) is 2.18. The minimum atomic E-state index is -0.921. The Morgan fingerprint density at radius 2 is 1.94 bits per heavy atom. The molecule has 100 valence electrons. The van der Waals surface area contributed by atoms with E-state index in [4.69, 9.17) is 28.9 Å². The molecule has 0 radical (unpaired) electrons. The van der Waals surface area contributed by atoms with Gasteiger partial charge >= 0.3 is 5.97 Å². The standard InChI is InChI=1S/C13H17Cl2NO2/c1-13(2,3)6-9(12(17)18)8-4-7(14)5-10(15)11(8)16/h4-5,9H,6,16H2,1-3H3,(H,17,18). The molecule has 0 saturated heterocycles. The van der Waals surface area contributed by atoms with Gasteiger partial charge in [0.2, 0.25) is 0 Å². The van der Waals surface area contributed by atoms with Gasteiger partial charge in [-0.15, -0.1) is 0 Å². The number of carbonyl (C=O) groups is 1. The van der Waals surface area contributed by atoms with Gasteiger partial charge in [-0.25, -0.2) is 0 Å². The number of aliphatic carboxylic acids is 1. The first-order valence-corrected chi connectivity index (χ1v) is 6.34. The smallest absolute Gasteiger partial charge is 0.311 e. The van der Waals surface area contributed by atoms with E-state index in [0.717, 1.165) is 0 Å². The number of carboxylic acid groups (broad SMARTS) is 1. The summed E-state index contributed by atoms with van der Waals surface area (Å²) in [4.78, 5) is 11.4. The minimum Gasteiger partial charge on any atom is -0.481 e. The van der Waals surface area contributed by atoms with Gasteiger partial charge in [0, 0.05) is 5.02 Å². The van der Waals surface area contributed by atoms with E-state index in [-0.39, 0.29) is 16.1 Å². The normalized spacial score (nSPS) is 13.4. The predicted molar refractivity (Wildman–Crippen MR) is 75.3 cm³/mol. The van der Waals surface area contributed by atoms with Gasteiger partial charge in [-0.1, -0.05) is 44.0 Å². The van der Waals surface area contributed by atoms with Crippen LogP contribution in [-0.2, 0) is 4.79 Å². The van der Waals surface area contributed by atoms with E-state index in [1.165, 1.54) is 6.07 Å². The molecule has 3 N–H and O–H groups in total. The first-order valence-electron chi connectivity index (χ1n) is 5.59. The Balaban J connectivity index is 3.26. The molecular weight excluding hydrogens is 273 g/mol. The molecule has 1 rings (SSSR count). The topological polar surface area (TPSA) is 63.3 Å². The number of hydrogen-bond acceptors (Lipinski definition) is 2. The van der Waals surface area contributed by atoms with Crippen molar-refractivity contribution in [1.82, 2.24) is 0 Å². The number of nitrogen functional groups attached to an aromatic ring is 1. The first kappa shape index (κ1) is 15.1.